The Hall–Kier alpha value is -1.07. The van der Waals surface area contributed by atoms with E-state index in [1.807, 2.05) is 0 Å². The van der Waals surface area contributed by atoms with E-state index < -0.39 is 0 Å². The predicted octanol–water partition coefficient (Wildman–Crippen LogP) is 1.70. The lowest BCUT2D eigenvalue weighted by Gasteiger charge is -2.07. The predicted molar refractivity (Wildman–Crippen MR) is 73.7 cm³/mol. The third kappa shape index (κ3) is 3.70. The van der Waals surface area contributed by atoms with E-state index in [0.717, 1.165) is 44.7 Å². The molecule has 5 nitrogen and oxygen atoms in total. The molecule has 1 unspecified atom stereocenters. The van der Waals surface area contributed by atoms with Gasteiger partial charge in [-0.05, 0) is 44.7 Å². The molecule has 1 atom stereocenters. The summed E-state index contributed by atoms with van der Waals surface area (Å²) >= 11 is 0. The van der Waals surface area contributed by atoms with Crippen molar-refractivity contribution >= 4 is 18.3 Å². The van der Waals surface area contributed by atoms with Crippen LogP contribution in [0.4, 0.5) is 0 Å². The van der Waals surface area contributed by atoms with Crippen molar-refractivity contribution in [1.82, 2.24) is 15.8 Å². The van der Waals surface area contributed by atoms with Gasteiger partial charge in [0.1, 0.15) is 5.76 Å². The fraction of sp³-hybridized carbons (Fsp3) is 0.692. The Balaban J connectivity index is 0.00000133. The normalized spacial score (nSPS) is 22.0. The summed E-state index contributed by atoms with van der Waals surface area (Å²) in [6, 6.07) is 1.78. The maximum Gasteiger partial charge on any atom is 0.273 e. The van der Waals surface area contributed by atoms with Crippen LogP contribution in [0.3, 0.4) is 0 Å². The van der Waals surface area contributed by atoms with E-state index in [2.05, 4.69) is 15.8 Å². The Labute approximate surface area is 118 Å². The number of amides is 1. The Bertz CT molecular complexity index is 425. The summed E-state index contributed by atoms with van der Waals surface area (Å²) in [6.07, 6.45) is 4.56. The highest BCUT2D eigenvalue weighted by Gasteiger charge is 2.28. The second kappa shape index (κ2) is 6.39. The van der Waals surface area contributed by atoms with Crippen LogP contribution in [0.5, 0.6) is 0 Å². The Morgan fingerprint density at radius 2 is 2.32 bits per heavy atom. The van der Waals surface area contributed by atoms with Crippen LogP contribution >= 0.6 is 12.4 Å². The van der Waals surface area contributed by atoms with Gasteiger partial charge in [-0.1, -0.05) is 5.16 Å². The first kappa shape index (κ1) is 14.3. The third-order valence-electron chi connectivity index (χ3n) is 3.74. The van der Waals surface area contributed by atoms with Crippen LogP contribution in [0.15, 0.2) is 10.6 Å². The van der Waals surface area contributed by atoms with Crippen molar-refractivity contribution < 1.29 is 9.32 Å². The monoisotopic (exact) mass is 285 g/mol. The molecule has 2 aliphatic rings. The van der Waals surface area contributed by atoms with Crippen LogP contribution in [0.2, 0.25) is 0 Å². The van der Waals surface area contributed by atoms with Gasteiger partial charge in [-0.3, -0.25) is 4.79 Å². The van der Waals surface area contributed by atoms with E-state index in [0.29, 0.717) is 17.5 Å². The number of hydrogen-bond acceptors (Lipinski definition) is 4. The van der Waals surface area contributed by atoms with Gasteiger partial charge in [-0.2, -0.15) is 0 Å². The number of carbonyl (C=O) groups excluding carboxylic acids is 1. The van der Waals surface area contributed by atoms with Crippen molar-refractivity contribution in [3.63, 3.8) is 0 Å². The summed E-state index contributed by atoms with van der Waals surface area (Å²) in [5, 5.41) is 10.1. The lowest BCUT2D eigenvalue weighted by atomic mass is 10.1. The number of carbonyl (C=O) groups is 1. The van der Waals surface area contributed by atoms with Gasteiger partial charge >= 0.3 is 0 Å². The molecule has 0 bridgehead atoms. The number of aromatic nitrogens is 1. The molecule has 1 saturated carbocycles. The first-order chi connectivity index (χ1) is 8.83. The Morgan fingerprint density at radius 3 is 3.00 bits per heavy atom. The number of rotatable bonds is 5. The molecule has 1 aliphatic heterocycles. The summed E-state index contributed by atoms with van der Waals surface area (Å²) in [5.74, 6) is 1.95. The van der Waals surface area contributed by atoms with E-state index in [-0.39, 0.29) is 18.3 Å². The molecule has 2 heterocycles. The molecule has 19 heavy (non-hydrogen) atoms. The molecule has 3 rings (SSSR count). The highest BCUT2D eigenvalue weighted by Crippen LogP contribution is 2.40. The molecule has 1 aliphatic carbocycles. The molecule has 1 aromatic rings. The fourth-order valence-corrected chi connectivity index (χ4v) is 2.40. The first-order valence-corrected chi connectivity index (χ1v) is 6.78. The van der Waals surface area contributed by atoms with E-state index in [1.54, 1.807) is 6.07 Å². The summed E-state index contributed by atoms with van der Waals surface area (Å²) in [7, 11) is 0. The number of nitrogens with one attached hydrogen (secondary N) is 2. The molecular weight excluding hydrogens is 266 g/mol. The summed E-state index contributed by atoms with van der Waals surface area (Å²) in [6.45, 7) is 2.90. The maximum atomic E-state index is 11.8. The minimum atomic E-state index is -0.114. The van der Waals surface area contributed by atoms with Gasteiger partial charge in [0, 0.05) is 18.5 Å². The molecule has 6 heteroatoms. The van der Waals surface area contributed by atoms with Gasteiger partial charge in [0.15, 0.2) is 5.69 Å². The number of hydrogen-bond donors (Lipinski definition) is 2. The van der Waals surface area contributed by atoms with Gasteiger partial charge in [-0.25, -0.2) is 0 Å². The zero-order valence-corrected chi connectivity index (χ0v) is 11.7. The van der Waals surface area contributed by atoms with Crippen molar-refractivity contribution in [3.8, 4) is 0 Å². The van der Waals surface area contributed by atoms with E-state index in [4.69, 9.17) is 4.52 Å². The molecule has 0 radical (unpaired) electrons. The lowest BCUT2D eigenvalue weighted by Crippen LogP contribution is -2.26. The summed E-state index contributed by atoms with van der Waals surface area (Å²) in [5.41, 5.74) is 0.418. The highest BCUT2D eigenvalue weighted by atomic mass is 35.5. The molecule has 1 aromatic heterocycles. The number of halogens is 1. The maximum absolute atomic E-state index is 11.8. The molecule has 1 saturated heterocycles. The minimum Gasteiger partial charge on any atom is -0.360 e. The van der Waals surface area contributed by atoms with Crippen molar-refractivity contribution in [1.29, 1.82) is 0 Å². The third-order valence-corrected chi connectivity index (χ3v) is 3.74. The SMILES string of the molecule is Cl.O=C(NCCC1CCNC1)c1cc(C2CC2)on1. The molecule has 1 amide bonds. The molecule has 0 aromatic carbocycles. The second-order valence-electron chi connectivity index (χ2n) is 5.29. The zero-order chi connectivity index (χ0) is 12.4. The molecular formula is C13H20ClN3O2. The highest BCUT2D eigenvalue weighted by molar-refractivity contribution is 5.92. The van der Waals surface area contributed by atoms with Crippen LogP contribution in [0.25, 0.3) is 0 Å². The quantitative estimate of drug-likeness (QED) is 0.864. The topological polar surface area (TPSA) is 67.2 Å². The van der Waals surface area contributed by atoms with Gasteiger partial charge in [0.2, 0.25) is 0 Å². The van der Waals surface area contributed by atoms with Gasteiger partial charge in [-0.15, -0.1) is 12.4 Å². The van der Waals surface area contributed by atoms with Crippen LogP contribution < -0.4 is 10.6 Å². The molecule has 2 fully saturated rings. The van der Waals surface area contributed by atoms with Crippen LogP contribution in [-0.4, -0.2) is 30.7 Å². The zero-order valence-electron chi connectivity index (χ0n) is 10.9. The van der Waals surface area contributed by atoms with Crippen LogP contribution in [0.1, 0.15) is 47.8 Å². The largest absolute Gasteiger partial charge is 0.360 e. The lowest BCUT2D eigenvalue weighted by molar-refractivity contribution is 0.0942. The second-order valence-corrected chi connectivity index (χ2v) is 5.29. The fourth-order valence-electron chi connectivity index (χ4n) is 2.40. The van der Waals surface area contributed by atoms with Crippen molar-refractivity contribution in [2.75, 3.05) is 19.6 Å². The minimum absolute atomic E-state index is 0. The average molecular weight is 286 g/mol. The Morgan fingerprint density at radius 1 is 1.47 bits per heavy atom. The first-order valence-electron chi connectivity index (χ1n) is 6.78. The van der Waals surface area contributed by atoms with Crippen molar-refractivity contribution in [2.24, 2.45) is 5.92 Å². The van der Waals surface area contributed by atoms with Crippen LogP contribution in [0, 0.1) is 5.92 Å². The van der Waals surface area contributed by atoms with Crippen molar-refractivity contribution in [3.05, 3.63) is 17.5 Å². The Kier molecular flexibility index (Phi) is 4.82. The van der Waals surface area contributed by atoms with E-state index in [9.17, 15) is 4.79 Å². The van der Waals surface area contributed by atoms with E-state index >= 15 is 0 Å². The average Bonchev–Trinajstić information content (AvgIpc) is 2.92. The standard InChI is InChI=1S/C13H19N3O2.ClH/c17-13(15-6-4-9-3-5-14-8-9)11-7-12(18-16-11)10-1-2-10;/h7,9-10,14H,1-6,8H2,(H,15,17);1H. The smallest absolute Gasteiger partial charge is 0.273 e. The van der Waals surface area contributed by atoms with Gasteiger partial charge in [0.05, 0.1) is 0 Å². The summed E-state index contributed by atoms with van der Waals surface area (Å²) in [4.78, 5) is 11.8. The van der Waals surface area contributed by atoms with Crippen molar-refractivity contribution in [2.45, 2.75) is 31.6 Å². The van der Waals surface area contributed by atoms with Gasteiger partial charge < -0.3 is 15.2 Å². The molecule has 0 spiro atoms. The van der Waals surface area contributed by atoms with Gasteiger partial charge in [0.25, 0.3) is 5.91 Å². The van der Waals surface area contributed by atoms with E-state index in [1.165, 1.54) is 6.42 Å². The van der Waals surface area contributed by atoms with Crippen LogP contribution in [-0.2, 0) is 0 Å². The summed E-state index contributed by atoms with van der Waals surface area (Å²) < 4.78 is 5.17. The number of nitrogens with zero attached hydrogens (tertiary/aromatic N) is 1. The molecule has 106 valence electrons. The molecule has 2 N–H and O–H groups in total.